The Balaban J connectivity index is 1.03. The second-order valence-electron chi connectivity index (χ2n) is 10.3. The largest absolute Gasteiger partial charge is 0.345 e. The third-order valence-corrected chi connectivity index (χ3v) is 7.61. The van der Waals surface area contributed by atoms with E-state index < -0.39 is 0 Å². The van der Waals surface area contributed by atoms with E-state index in [0.717, 1.165) is 54.2 Å². The number of halogens is 1. The highest BCUT2D eigenvalue weighted by atomic mass is 35.5. The number of nitrogens with zero attached hydrogens (tertiary/aromatic N) is 6. The molecule has 1 N–H and O–H groups in total. The van der Waals surface area contributed by atoms with Crippen LogP contribution < -0.4 is 5.32 Å². The molecule has 0 saturated heterocycles. The normalized spacial score (nSPS) is 14.5. The van der Waals surface area contributed by atoms with E-state index in [9.17, 15) is 4.79 Å². The van der Waals surface area contributed by atoms with Gasteiger partial charge < -0.3 is 5.32 Å². The zero-order chi connectivity index (χ0) is 26.6. The number of amides is 1. The monoisotopic (exact) mass is 539 g/mol. The molecule has 39 heavy (non-hydrogen) atoms. The summed E-state index contributed by atoms with van der Waals surface area (Å²) in [4.78, 5) is 16.6. The Kier molecular flexibility index (Phi) is 7.45. The third kappa shape index (κ3) is 6.23. The van der Waals surface area contributed by atoms with Crippen LogP contribution in [0.3, 0.4) is 0 Å². The molecule has 1 fully saturated rings. The number of rotatable bonds is 11. The maximum Gasteiger partial charge on any atom is 0.273 e. The van der Waals surface area contributed by atoms with E-state index in [0.29, 0.717) is 24.7 Å². The molecule has 8 nitrogen and oxygen atoms in total. The van der Waals surface area contributed by atoms with Gasteiger partial charge in [-0.2, -0.15) is 10.2 Å². The van der Waals surface area contributed by atoms with Crippen molar-refractivity contribution in [2.45, 2.75) is 58.0 Å². The van der Waals surface area contributed by atoms with Crippen LogP contribution in [0.1, 0.15) is 64.4 Å². The van der Waals surface area contributed by atoms with Gasteiger partial charge in [-0.25, -0.2) is 0 Å². The molecule has 0 unspecified atom stereocenters. The van der Waals surface area contributed by atoms with Crippen LogP contribution in [-0.2, 0) is 32.4 Å². The molecule has 4 aromatic rings. The fourth-order valence-electron chi connectivity index (χ4n) is 5.12. The predicted molar refractivity (Wildman–Crippen MR) is 149 cm³/mol. The van der Waals surface area contributed by atoms with Crippen molar-refractivity contribution in [3.63, 3.8) is 0 Å². The van der Waals surface area contributed by atoms with Crippen LogP contribution in [0, 0.1) is 5.92 Å². The summed E-state index contributed by atoms with van der Waals surface area (Å²) in [5.41, 5.74) is 8.77. The number of aryl methyl sites for hydroxylation is 2. The van der Waals surface area contributed by atoms with Crippen molar-refractivity contribution >= 4 is 23.1 Å². The summed E-state index contributed by atoms with van der Waals surface area (Å²) in [5, 5.41) is 20.9. The summed E-state index contributed by atoms with van der Waals surface area (Å²) in [6.07, 6.45) is 10.5. The molecule has 2 aliphatic rings. The smallest absolute Gasteiger partial charge is 0.273 e. The average Bonchev–Trinajstić information content (AvgIpc) is 3.59. The Hall–Kier alpha value is -3.91. The van der Waals surface area contributed by atoms with Gasteiger partial charge in [0.1, 0.15) is 0 Å². The van der Waals surface area contributed by atoms with Crippen LogP contribution in [0.25, 0.3) is 5.57 Å². The number of carbonyl (C=O) groups excluding carboxylic acids is 1. The maximum absolute atomic E-state index is 12.4. The van der Waals surface area contributed by atoms with E-state index in [1.807, 2.05) is 30.3 Å². The zero-order valence-corrected chi connectivity index (χ0v) is 22.4. The van der Waals surface area contributed by atoms with Crippen LogP contribution in [-0.4, -0.2) is 36.1 Å². The Morgan fingerprint density at radius 3 is 2.69 bits per heavy atom. The van der Waals surface area contributed by atoms with Crippen molar-refractivity contribution < 1.29 is 4.79 Å². The molecule has 0 aliphatic heterocycles. The number of hydrogen-bond donors (Lipinski definition) is 1. The molecule has 2 aliphatic carbocycles. The minimum absolute atomic E-state index is 0.256. The van der Waals surface area contributed by atoms with Crippen LogP contribution in [0.4, 0.5) is 0 Å². The molecule has 1 amide bonds. The highest BCUT2D eigenvalue weighted by molar-refractivity contribution is 6.30. The van der Waals surface area contributed by atoms with Crippen molar-refractivity contribution in [2.75, 3.05) is 0 Å². The topological polar surface area (TPSA) is 98.5 Å². The molecule has 0 spiro atoms. The zero-order valence-electron chi connectivity index (χ0n) is 21.7. The van der Waals surface area contributed by atoms with Gasteiger partial charge in [0.2, 0.25) is 0 Å². The quantitative estimate of drug-likeness (QED) is 0.268. The first kappa shape index (κ1) is 25.4. The number of allylic oxidation sites excluding steroid dienone is 2. The maximum atomic E-state index is 12.4. The summed E-state index contributed by atoms with van der Waals surface area (Å²) < 4.78 is 1.72. The van der Waals surface area contributed by atoms with E-state index in [2.05, 4.69) is 49.0 Å². The van der Waals surface area contributed by atoms with E-state index in [4.69, 9.17) is 11.6 Å². The predicted octanol–water partition coefficient (Wildman–Crippen LogP) is 5.03. The first-order valence-corrected chi connectivity index (χ1v) is 13.9. The molecule has 1 saturated carbocycles. The van der Waals surface area contributed by atoms with Crippen molar-refractivity contribution in [2.24, 2.45) is 5.92 Å². The molecule has 6 rings (SSSR count). The lowest BCUT2D eigenvalue weighted by molar-refractivity contribution is 0.0945. The Morgan fingerprint density at radius 2 is 1.90 bits per heavy atom. The van der Waals surface area contributed by atoms with Gasteiger partial charge in [-0.15, -0.1) is 5.10 Å². The Bertz CT molecular complexity index is 1490. The molecular weight excluding hydrogens is 510 g/mol. The number of fused-ring (bicyclic) bond motifs is 1. The standard InChI is InChI=1S/C30H30ClN7O/c31-22-11-7-20(8-12-22)15-26-25(21-9-10-21)17-28-27(26)16-23(34-35-28)5-2-4-14-38-19-29(36-37-38)30(39)33-18-24-6-1-3-13-32-24/h1,3,6-8,11-13,16,19,21H,2,4-5,9-10,14-15,17-18H2,(H,33,39). The van der Waals surface area contributed by atoms with Crippen LogP contribution >= 0.6 is 11.6 Å². The SMILES string of the molecule is O=C(NCc1ccccn1)c1cn(CCCCc2cc3c(nn2)CC(C2CC2)=C3Cc2ccc(Cl)cc2)nn1. The first-order chi connectivity index (χ1) is 19.1. The van der Waals surface area contributed by atoms with Crippen molar-refractivity contribution in [1.82, 2.24) is 35.5 Å². The molecule has 0 bridgehead atoms. The van der Waals surface area contributed by atoms with E-state index in [-0.39, 0.29) is 5.91 Å². The number of carbonyl (C=O) groups is 1. The summed E-state index contributed by atoms with van der Waals surface area (Å²) in [6, 6.07) is 16.0. The average molecular weight is 540 g/mol. The lowest BCUT2D eigenvalue weighted by atomic mass is 9.96. The van der Waals surface area contributed by atoms with Crippen LogP contribution in [0.5, 0.6) is 0 Å². The number of aromatic nitrogens is 6. The van der Waals surface area contributed by atoms with Gasteiger partial charge in [0.05, 0.1) is 29.8 Å². The van der Waals surface area contributed by atoms with E-state index in [1.165, 1.54) is 29.5 Å². The van der Waals surface area contributed by atoms with Gasteiger partial charge >= 0.3 is 0 Å². The molecule has 0 radical (unpaired) electrons. The second kappa shape index (κ2) is 11.5. The van der Waals surface area contributed by atoms with Crippen LogP contribution in [0.2, 0.25) is 5.02 Å². The summed E-state index contributed by atoms with van der Waals surface area (Å²) in [7, 11) is 0. The summed E-state index contributed by atoms with van der Waals surface area (Å²) >= 11 is 6.11. The lowest BCUT2D eigenvalue weighted by Crippen LogP contribution is -2.23. The third-order valence-electron chi connectivity index (χ3n) is 7.35. The fourth-order valence-corrected chi connectivity index (χ4v) is 5.25. The highest BCUT2D eigenvalue weighted by Crippen LogP contribution is 2.46. The van der Waals surface area contributed by atoms with Gasteiger partial charge in [0, 0.05) is 29.7 Å². The van der Waals surface area contributed by atoms with E-state index >= 15 is 0 Å². The highest BCUT2D eigenvalue weighted by Gasteiger charge is 2.34. The lowest BCUT2D eigenvalue weighted by Gasteiger charge is -2.10. The van der Waals surface area contributed by atoms with E-state index in [1.54, 1.807) is 22.6 Å². The first-order valence-electron chi connectivity index (χ1n) is 13.5. The minimum atomic E-state index is -0.256. The van der Waals surface area contributed by atoms with Crippen molar-refractivity contribution in [3.05, 3.63) is 105 Å². The Labute approximate surface area is 232 Å². The number of nitrogens with one attached hydrogen (secondary N) is 1. The molecule has 1 aromatic carbocycles. The number of pyridine rings is 1. The number of benzene rings is 1. The summed E-state index contributed by atoms with van der Waals surface area (Å²) in [6.45, 7) is 1.04. The minimum Gasteiger partial charge on any atom is -0.345 e. The second-order valence-corrected chi connectivity index (χ2v) is 10.7. The van der Waals surface area contributed by atoms with Crippen LogP contribution in [0.15, 0.2) is 66.5 Å². The molecular formula is C30H30ClN7O. The van der Waals surface area contributed by atoms with Crippen molar-refractivity contribution in [3.8, 4) is 0 Å². The molecule has 0 atom stereocenters. The summed E-state index contributed by atoms with van der Waals surface area (Å²) in [5.74, 6) is 0.447. The molecule has 3 heterocycles. The van der Waals surface area contributed by atoms with Gasteiger partial charge in [-0.3, -0.25) is 14.5 Å². The van der Waals surface area contributed by atoms with Gasteiger partial charge in [-0.05, 0) is 85.9 Å². The molecule has 9 heteroatoms. The molecule has 3 aromatic heterocycles. The molecule has 198 valence electrons. The van der Waals surface area contributed by atoms with Crippen molar-refractivity contribution in [1.29, 1.82) is 0 Å². The number of unbranched alkanes of at least 4 members (excludes halogenated alkanes) is 1. The Morgan fingerprint density at radius 1 is 1.03 bits per heavy atom. The van der Waals surface area contributed by atoms with Gasteiger partial charge in [0.25, 0.3) is 5.91 Å². The number of hydrogen-bond acceptors (Lipinski definition) is 6. The van der Waals surface area contributed by atoms with Gasteiger partial charge in [0.15, 0.2) is 5.69 Å². The fraction of sp³-hybridized carbons (Fsp3) is 0.333. The van der Waals surface area contributed by atoms with Gasteiger partial charge in [-0.1, -0.05) is 40.6 Å².